The highest BCUT2D eigenvalue weighted by atomic mass is 16.1. The molecule has 1 atom stereocenters. The molecule has 1 unspecified atom stereocenters. The molecule has 0 saturated heterocycles. The lowest BCUT2D eigenvalue weighted by Crippen LogP contribution is -2.31. The molecule has 0 bridgehead atoms. The molecule has 4 nitrogen and oxygen atoms in total. The van der Waals surface area contributed by atoms with Gasteiger partial charge in [-0.2, -0.15) is 0 Å². The lowest BCUT2D eigenvalue weighted by Gasteiger charge is -2.22. The zero-order chi connectivity index (χ0) is 15.3. The van der Waals surface area contributed by atoms with E-state index in [0.717, 1.165) is 17.8 Å². The van der Waals surface area contributed by atoms with Gasteiger partial charge in [0.1, 0.15) is 0 Å². The summed E-state index contributed by atoms with van der Waals surface area (Å²) in [6, 6.07) is 7.67. The molecule has 0 heterocycles. The number of anilines is 2. The molecule has 3 N–H and O–H groups in total. The third kappa shape index (κ3) is 6.06. The van der Waals surface area contributed by atoms with Gasteiger partial charge >= 0.3 is 0 Å². The maximum atomic E-state index is 12.0. The summed E-state index contributed by atoms with van der Waals surface area (Å²) >= 11 is 0. The predicted octanol–water partition coefficient (Wildman–Crippen LogP) is 2.84. The first-order valence-electron chi connectivity index (χ1n) is 7.00. The van der Waals surface area contributed by atoms with Crippen LogP contribution >= 0.6 is 0 Å². The first kappa shape index (κ1) is 16.5. The van der Waals surface area contributed by atoms with Crippen molar-refractivity contribution in [1.82, 2.24) is 0 Å². The second-order valence-corrected chi connectivity index (χ2v) is 6.72. The molecule has 0 aliphatic carbocycles. The number of amides is 1. The Bertz CT molecular complexity index is 449. The number of hydrogen-bond donors (Lipinski definition) is 2. The van der Waals surface area contributed by atoms with Gasteiger partial charge in [-0.25, -0.2) is 0 Å². The van der Waals surface area contributed by atoms with Crippen molar-refractivity contribution >= 4 is 17.3 Å². The minimum Gasteiger partial charge on any atom is -0.378 e. The quantitative estimate of drug-likeness (QED) is 0.870. The Labute approximate surface area is 122 Å². The summed E-state index contributed by atoms with van der Waals surface area (Å²) in [7, 11) is 3.94. The van der Waals surface area contributed by atoms with Gasteiger partial charge in [0.2, 0.25) is 5.91 Å². The van der Waals surface area contributed by atoms with E-state index in [4.69, 9.17) is 5.73 Å². The van der Waals surface area contributed by atoms with Crippen LogP contribution in [0, 0.1) is 5.41 Å². The minimum atomic E-state index is -0.105. The Morgan fingerprint density at radius 3 is 2.55 bits per heavy atom. The van der Waals surface area contributed by atoms with Gasteiger partial charge in [0, 0.05) is 37.9 Å². The molecular weight excluding hydrogens is 250 g/mol. The van der Waals surface area contributed by atoms with Crippen LogP contribution in [-0.4, -0.2) is 26.0 Å². The first-order chi connectivity index (χ1) is 9.17. The lowest BCUT2D eigenvalue weighted by molar-refractivity contribution is -0.116. The Morgan fingerprint density at radius 1 is 1.35 bits per heavy atom. The van der Waals surface area contributed by atoms with E-state index in [1.54, 1.807) is 0 Å². The molecule has 1 amide bonds. The molecule has 0 fully saturated rings. The average molecular weight is 277 g/mol. The van der Waals surface area contributed by atoms with Crippen molar-refractivity contribution in [3.05, 3.63) is 24.3 Å². The van der Waals surface area contributed by atoms with Crippen LogP contribution in [0.1, 0.15) is 33.6 Å². The van der Waals surface area contributed by atoms with E-state index in [9.17, 15) is 4.79 Å². The van der Waals surface area contributed by atoms with E-state index in [2.05, 4.69) is 26.1 Å². The van der Waals surface area contributed by atoms with Gasteiger partial charge in [-0.1, -0.05) is 26.8 Å². The number of rotatable bonds is 5. The summed E-state index contributed by atoms with van der Waals surface area (Å²) < 4.78 is 0. The van der Waals surface area contributed by atoms with Crippen molar-refractivity contribution in [2.24, 2.45) is 11.1 Å². The van der Waals surface area contributed by atoms with Gasteiger partial charge in [-0.3, -0.25) is 4.79 Å². The van der Waals surface area contributed by atoms with Crippen molar-refractivity contribution in [3.8, 4) is 0 Å². The van der Waals surface area contributed by atoms with E-state index in [0.29, 0.717) is 6.42 Å². The molecule has 0 aliphatic heterocycles. The van der Waals surface area contributed by atoms with Gasteiger partial charge in [0.05, 0.1) is 0 Å². The Hall–Kier alpha value is -1.55. The molecule has 20 heavy (non-hydrogen) atoms. The molecule has 1 aromatic carbocycles. The highest BCUT2D eigenvalue weighted by molar-refractivity contribution is 5.91. The molecule has 0 saturated carbocycles. The summed E-state index contributed by atoms with van der Waals surface area (Å²) in [5.74, 6) is -0.0299. The number of hydrogen-bond acceptors (Lipinski definition) is 3. The lowest BCUT2D eigenvalue weighted by atomic mass is 9.87. The zero-order valence-corrected chi connectivity index (χ0v) is 13.2. The fourth-order valence-electron chi connectivity index (χ4n) is 2.17. The number of nitrogens with zero attached hydrogens (tertiary/aromatic N) is 1. The van der Waals surface area contributed by atoms with Crippen LogP contribution in [0.3, 0.4) is 0 Å². The molecule has 0 radical (unpaired) electrons. The third-order valence-electron chi connectivity index (χ3n) is 2.97. The van der Waals surface area contributed by atoms with E-state index >= 15 is 0 Å². The normalized spacial score (nSPS) is 12.9. The number of nitrogens with two attached hydrogens (primary N) is 1. The Morgan fingerprint density at radius 2 is 2.00 bits per heavy atom. The fourth-order valence-corrected chi connectivity index (χ4v) is 2.17. The van der Waals surface area contributed by atoms with Crippen LogP contribution in [0.15, 0.2) is 24.3 Å². The molecule has 0 aliphatic rings. The summed E-state index contributed by atoms with van der Waals surface area (Å²) in [6.45, 7) is 6.39. The molecule has 0 spiro atoms. The minimum absolute atomic E-state index is 0.0299. The number of nitrogens with one attached hydrogen (secondary N) is 1. The van der Waals surface area contributed by atoms with Gasteiger partial charge in [-0.05, 0) is 30.0 Å². The molecular formula is C16H27N3O. The first-order valence-corrected chi connectivity index (χ1v) is 7.00. The number of carbonyl (C=O) groups is 1. The molecule has 1 rings (SSSR count). The largest absolute Gasteiger partial charge is 0.378 e. The maximum absolute atomic E-state index is 12.0. The zero-order valence-electron chi connectivity index (χ0n) is 13.2. The van der Waals surface area contributed by atoms with Crippen LogP contribution < -0.4 is 16.0 Å². The van der Waals surface area contributed by atoms with Gasteiger partial charge in [0.15, 0.2) is 0 Å². The van der Waals surface area contributed by atoms with Crippen LogP contribution in [0.5, 0.6) is 0 Å². The van der Waals surface area contributed by atoms with Crippen LogP contribution in [0.2, 0.25) is 0 Å². The summed E-state index contributed by atoms with van der Waals surface area (Å²) in [5.41, 5.74) is 8.03. The third-order valence-corrected chi connectivity index (χ3v) is 2.97. The highest BCUT2D eigenvalue weighted by Crippen LogP contribution is 2.22. The van der Waals surface area contributed by atoms with E-state index in [1.807, 2.05) is 43.3 Å². The highest BCUT2D eigenvalue weighted by Gasteiger charge is 2.18. The Balaban J connectivity index is 2.56. The van der Waals surface area contributed by atoms with Gasteiger partial charge in [0.25, 0.3) is 0 Å². The van der Waals surface area contributed by atoms with E-state index < -0.39 is 0 Å². The van der Waals surface area contributed by atoms with Crippen molar-refractivity contribution in [1.29, 1.82) is 0 Å². The molecule has 0 aromatic heterocycles. The van der Waals surface area contributed by atoms with E-state index in [-0.39, 0.29) is 17.4 Å². The second kappa shape index (κ2) is 6.75. The summed E-state index contributed by atoms with van der Waals surface area (Å²) in [6.07, 6.45) is 1.18. The van der Waals surface area contributed by atoms with E-state index in [1.165, 1.54) is 0 Å². The summed E-state index contributed by atoms with van der Waals surface area (Å²) in [4.78, 5) is 14.0. The molecule has 1 aromatic rings. The fraction of sp³-hybridized carbons (Fsp3) is 0.562. The summed E-state index contributed by atoms with van der Waals surface area (Å²) in [5, 5.41) is 2.91. The number of benzene rings is 1. The smallest absolute Gasteiger partial charge is 0.225 e. The van der Waals surface area contributed by atoms with Crippen LogP contribution in [0.25, 0.3) is 0 Å². The van der Waals surface area contributed by atoms with Gasteiger partial charge in [-0.15, -0.1) is 0 Å². The van der Waals surface area contributed by atoms with Crippen LogP contribution in [0.4, 0.5) is 11.4 Å². The average Bonchev–Trinajstić information content (AvgIpc) is 2.25. The molecule has 112 valence electrons. The van der Waals surface area contributed by atoms with Crippen molar-refractivity contribution in [3.63, 3.8) is 0 Å². The van der Waals surface area contributed by atoms with Crippen molar-refractivity contribution < 1.29 is 4.79 Å². The topological polar surface area (TPSA) is 58.4 Å². The standard InChI is InChI=1S/C16H27N3O/c1-16(2,3)11-12(17)9-15(20)18-13-7-6-8-14(10-13)19(4)5/h6-8,10,12H,9,11,17H2,1-5H3,(H,18,20). The SMILES string of the molecule is CN(C)c1cccc(NC(=O)CC(N)CC(C)(C)C)c1. The predicted molar refractivity (Wildman–Crippen MR) is 86.1 cm³/mol. The second-order valence-electron chi connectivity index (χ2n) is 6.72. The molecule has 4 heteroatoms. The van der Waals surface area contributed by atoms with Crippen molar-refractivity contribution in [2.45, 2.75) is 39.7 Å². The van der Waals surface area contributed by atoms with Crippen LogP contribution in [-0.2, 0) is 4.79 Å². The number of carbonyl (C=O) groups excluding carboxylic acids is 1. The monoisotopic (exact) mass is 277 g/mol. The van der Waals surface area contributed by atoms with Crippen molar-refractivity contribution in [2.75, 3.05) is 24.3 Å². The Kier molecular flexibility index (Phi) is 5.57. The maximum Gasteiger partial charge on any atom is 0.225 e. The van der Waals surface area contributed by atoms with Gasteiger partial charge < -0.3 is 16.0 Å².